The van der Waals surface area contributed by atoms with Crippen LogP contribution in [-0.2, 0) is 3.79 Å². The molecule has 0 aliphatic rings. The molecule has 0 bridgehead atoms. The molecule has 14 heavy (non-hydrogen) atoms. The second-order valence-electron chi connectivity index (χ2n) is 2.44. The maximum Gasteiger partial charge on any atom is 0.253 e. The van der Waals surface area contributed by atoms with Gasteiger partial charge in [0, 0.05) is 5.56 Å². The predicted molar refractivity (Wildman–Crippen MR) is 60.9 cm³/mol. The molecule has 0 atom stereocenters. The van der Waals surface area contributed by atoms with Crippen molar-refractivity contribution in [2.75, 3.05) is 0 Å². The van der Waals surface area contributed by atoms with Gasteiger partial charge in [0.1, 0.15) is 0 Å². The molecule has 0 amide bonds. The summed E-state index contributed by atoms with van der Waals surface area (Å²) in [6.45, 7) is 0. The number of halogens is 5. The van der Waals surface area contributed by atoms with Crippen molar-refractivity contribution in [3.05, 3.63) is 34.3 Å². The van der Waals surface area contributed by atoms with E-state index in [-0.39, 0.29) is 16.1 Å². The third-order valence-electron chi connectivity index (χ3n) is 1.52. The number of hydrogen-bond acceptors (Lipinski definition) is 1. The maximum absolute atomic E-state index is 10.9. The van der Waals surface area contributed by atoms with E-state index in [0.29, 0.717) is 0 Å². The molecule has 0 unspecified atom stereocenters. The number of carbonyl (C=O) groups is 1. The lowest BCUT2D eigenvalue weighted by molar-refractivity contribution is 0.108. The quantitative estimate of drug-likeness (QED) is 0.548. The number of carbonyl (C=O) groups excluding carboxylic acids is 1. The summed E-state index contributed by atoms with van der Waals surface area (Å²) in [5, 5.41) is -0.626. The van der Waals surface area contributed by atoms with Crippen molar-refractivity contribution in [3.8, 4) is 0 Å². The van der Waals surface area contributed by atoms with Crippen LogP contribution in [0.4, 0.5) is 0 Å². The van der Waals surface area contributed by atoms with Crippen LogP contribution in [0.25, 0.3) is 0 Å². The summed E-state index contributed by atoms with van der Waals surface area (Å²) in [7, 11) is 0. The number of benzene rings is 1. The average molecular weight is 292 g/mol. The molecule has 0 aromatic heterocycles. The van der Waals surface area contributed by atoms with Gasteiger partial charge in [-0.25, -0.2) is 0 Å². The van der Waals surface area contributed by atoms with E-state index < -0.39 is 9.03 Å². The lowest BCUT2D eigenvalue weighted by Crippen LogP contribution is -2.04. The topological polar surface area (TPSA) is 17.1 Å². The molecule has 1 rings (SSSR count). The Bertz CT molecular complexity index is 368. The molecule has 0 spiro atoms. The lowest BCUT2D eigenvalue weighted by atomic mass is 10.1. The first-order valence-corrected chi connectivity index (χ1v) is 5.28. The first kappa shape index (κ1) is 12.4. The molecule has 0 fully saturated rings. The molecule has 1 aromatic rings. The smallest absolute Gasteiger partial charge is 0.253 e. The van der Waals surface area contributed by atoms with E-state index in [1.807, 2.05) is 0 Å². The average Bonchev–Trinajstić information content (AvgIpc) is 2.01. The Morgan fingerprint density at radius 3 is 2.21 bits per heavy atom. The second-order valence-corrected chi connectivity index (χ2v) is 5.44. The molecule has 0 saturated carbocycles. The monoisotopic (exact) mass is 290 g/mol. The van der Waals surface area contributed by atoms with Gasteiger partial charge in [0.25, 0.3) is 5.24 Å². The highest BCUT2D eigenvalue weighted by Gasteiger charge is 2.27. The molecule has 0 aliphatic carbocycles. The van der Waals surface area contributed by atoms with Crippen LogP contribution in [0.15, 0.2) is 18.2 Å². The van der Waals surface area contributed by atoms with E-state index in [0.717, 1.165) is 0 Å². The highest BCUT2D eigenvalue weighted by Crippen LogP contribution is 2.42. The minimum atomic E-state index is -1.67. The summed E-state index contributed by atoms with van der Waals surface area (Å²) in [5.41, 5.74) is 0.354. The van der Waals surface area contributed by atoms with Crippen molar-refractivity contribution >= 4 is 63.2 Å². The standard InChI is InChI=1S/C8H3Cl5O/c9-6-4(7(10)14)2-1-3-5(6)8(11,12)13/h1-3H. The van der Waals surface area contributed by atoms with Gasteiger partial charge in [-0.05, 0) is 17.7 Å². The Kier molecular flexibility index (Phi) is 3.95. The summed E-state index contributed by atoms with van der Waals surface area (Å²) in [6, 6.07) is 4.51. The fourth-order valence-corrected chi connectivity index (χ4v) is 2.08. The van der Waals surface area contributed by atoms with Crippen molar-refractivity contribution in [1.29, 1.82) is 0 Å². The van der Waals surface area contributed by atoms with Gasteiger partial charge in [-0.15, -0.1) is 0 Å². The second kappa shape index (κ2) is 4.46. The van der Waals surface area contributed by atoms with Gasteiger partial charge in [0.15, 0.2) is 0 Å². The van der Waals surface area contributed by atoms with Crippen molar-refractivity contribution in [2.24, 2.45) is 0 Å². The highest BCUT2D eigenvalue weighted by molar-refractivity contribution is 6.70. The van der Waals surface area contributed by atoms with E-state index in [1.165, 1.54) is 12.1 Å². The van der Waals surface area contributed by atoms with Gasteiger partial charge in [-0.3, -0.25) is 4.79 Å². The third-order valence-corrected chi connectivity index (χ3v) is 2.74. The first-order chi connectivity index (χ1) is 6.34. The van der Waals surface area contributed by atoms with Gasteiger partial charge in [-0.1, -0.05) is 58.5 Å². The first-order valence-electron chi connectivity index (χ1n) is 3.39. The maximum atomic E-state index is 10.9. The summed E-state index contributed by atoms with van der Waals surface area (Å²) < 4.78 is -1.67. The molecule has 0 aliphatic heterocycles. The van der Waals surface area contributed by atoms with E-state index in [9.17, 15) is 4.79 Å². The molecule has 0 radical (unpaired) electrons. The number of hydrogen-bond donors (Lipinski definition) is 0. The van der Waals surface area contributed by atoms with Gasteiger partial charge >= 0.3 is 0 Å². The van der Waals surface area contributed by atoms with Crippen LogP contribution in [-0.4, -0.2) is 5.24 Å². The highest BCUT2D eigenvalue weighted by atomic mass is 35.6. The minimum absolute atomic E-state index is 0.0625. The molecule has 1 aromatic carbocycles. The predicted octanol–water partition coefficient (Wildman–Crippen LogP) is 4.55. The van der Waals surface area contributed by atoms with Crippen LogP contribution >= 0.6 is 58.0 Å². The van der Waals surface area contributed by atoms with Crippen LogP contribution in [0.5, 0.6) is 0 Å². The zero-order valence-electron chi connectivity index (χ0n) is 6.53. The Balaban J connectivity index is 3.35. The molecule has 0 N–H and O–H groups in total. The fraction of sp³-hybridized carbons (Fsp3) is 0.125. The Labute approximate surface area is 106 Å². The lowest BCUT2D eigenvalue weighted by Gasteiger charge is -2.14. The molecule has 1 nitrogen and oxygen atoms in total. The van der Waals surface area contributed by atoms with Crippen molar-refractivity contribution < 1.29 is 4.79 Å². The van der Waals surface area contributed by atoms with Crippen LogP contribution in [0.2, 0.25) is 5.02 Å². The van der Waals surface area contributed by atoms with Crippen LogP contribution in [0.3, 0.4) is 0 Å². The van der Waals surface area contributed by atoms with Crippen LogP contribution in [0, 0.1) is 0 Å². The van der Waals surface area contributed by atoms with Gasteiger partial charge < -0.3 is 0 Å². The summed E-state index contributed by atoms with van der Waals surface area (Å²) >= 11 is 28.0. The fourth-order valence-electron chi connectivity index (χ4n) is 0.903. The molecule has 76 valence electrons. The van der Waals surface area contributed by atoms with E-state index >= 15 is 0 Å². The van der Waals surface area contributed by atoms with E-state index in [1.54, 1.807) is 6.07 Å². The molecular weight excluding hydrogens is 289 g/mol. The zero-order chi connectivity index (χ0) is 10.9. The largest absolute Gasteiger partial charge is 0.276 e. The van der Waals surface area contributed by atoms with E-state index in [4.69, 9.17) is 58.0 Å². The van der Waals surface area contributed by atoms with Crippen LogP contribution in [0.1, 0.15) is 15.9 Å². The number of alkyl halides is 3. The van der Waals surface area contributed by atoms with Gasteiger partial charge in [-0.2, -0.15) is 0 Å². The summed E-state index contributed by atoms with van der Waals surface area (Å²) in [6.07, 6.45) is 0. The Morgan fingerprint density at radius 1 is 1.21 bits per heavy atom. The zero-order valence-corrected chi connectivity index (χ0v) is 10.3. The molecule has 0 saturated heterocycles. The molecule has 0 heterocycles. The SMILES string of the molecule is O=C(Cl)c1cccc(C(Cl)(Cl)Cl)c1Cl. The molecule has 6 heteroatoms. The van der Waals surface area contributed by atoms with E-state index in [2.05, 4.69) is 0 Å². The third kappa shape index (κ3) is 2.68. The summed E-state index contributed by atoms with van der Waals surface area (Å²) in [5.74, 6) is 0. The summed E-state index contributed by atoms with van der Waals surface area (Å²) in [4.78, 5) is 10.9. The van der Waals surface area contributed by atoms with Crippen LogP contribution < -0.4 is 0 Å². The van der Waals surface area contributed by atoms with Crippen molar-refractivity contribution in [2.45, 2.75) is 3.79 Å². The van der Waals surface area contributed by atoms with Gasteiger partial charge in [0.2, 0.25) is 3.79 Å². The molecular formula is C8H3Cl5O. The Morgan fingerprint density at radius 2 is 1.79 bits per heavy atom. The van der Waals surface area contributed by atoms with Crippen molar-refractivity contribution in [3.63, 3.8) is 0 Å². The Hall–Kier alpha value is 0.340. The van der Waals surface area contributed by atoms with Crippen molar-refractivity contribution in [1.82, 2.24) is 0 Å². The normalized spacial score (nSPS) is 11.5. The minimum Gasteiger partial charge on any atom is -0.276 e. The number of rotatable bonds is 1. The van der Waals surface area contributed by atoms with Gasteiger partial charge in [0.05, 0.1) is 10.6 Å².